The molecule has 1 aliphatic rings. The lowest BCUT2D eigenvalue weighted by atomic mass is 10.1. The second-order valence-corrected chi connectivity index (χ2v) is 2.24. The Morgan fingerprint density at radius 3 is 2.67 bits per heavy atom. The molecule has 1 rings (SSSR count). The highest BCUT2D eigenvalue weighted by Gasteiger charge is 2.25. The number of esters is 1. The minimum atomic E-state index is -0.148. The first kappa shape index (κ1) is 6.33. The van der Waals surface area contributed by atoms with Gasteiger partial charge in [-0.15, -0.1) is 0 Å². The van der Waals surface area contributed by atoms with Gasteiger partial charge in [0.15, 0.2) is 0 Å². The van der Waals surface area contributed by atoms with Gasteiger partial charge in [0.1, 0.15) is 0 Å². The molecule has 0 saturated carbocycles. The van der Waals surface area contributed by atoms with E-state index in [9.17, 15) is 4.79 Å². The highest BCUT2D eigenvalue weighted by Crippen LogP contribution is 2.19. The van der Waals surface area contributed by atoms with Crippen molar-refractivity contribution < 1.29 is 9.53 Å². The van der Waals surface area contributed by atoms with Crippen molar-refractivity contribution in [1.82, 2.24) is 0 Å². The smallest absolute Gasteiger partial charge is 0.334 e. The normalized spacial score (nSPS) is 31.1. The molecule has 1 aliphatic heterocycles. The molecule has 0 spiro atoms. The number of rotatable bonds is 0. The predicted octanol–water partition coefficient (Wildman–Crippen LogP) is 1.13. The second-order valence-electron chi connectivity index (χ2n) is 2.24. The molecule has 1 atom stereocenters. The number of ether oxygens (including phenoxy) is 1. The molecule has 0 bridgehead atoms. The number of carbonyl (C=O) groups excluding carboxylic acids is 1. The lowest BCUT2D eigenvalue weighted by Crippen LogP contribution is -1.97. The van der Waals surface area contributed by atoms with E-state index >= 15 is 0 Å². The van der Waals surface area contributed by atoms with E-state index in [-0.39, 0.29) is 5.97 Å². The lowest BCUT2D eigenvalue weighted by Gasteiger charge is -1.93. The van der Waals surface area contributed by atoms with Crippen LogP contribution in [0.4, 0.5) is 0 Å². The van der Waals surface area contributed by atoms with E-state index < -0.39 is 0 Å². The molecule has 0 N–H and O–H groups in total. The average molecular weight is 126 g/mol. The third-order valence-corrected chi connectivity index (χ3v) is 1.54. The molecule has 0 aromatic heterocycles. The van der Waals surface area contributed by atoms with Crippen molar-refractivity contribution in [2.24, 2.45) is 5.92 Å². The van der Waals surface area contributed by atoms with Gasteiger partial charge in [-0.25, -0.2) is 4.79 Å². The minimum absolute atomic E-state index is 0.148. The van der Waals surface area contributed by atoms with Gasteiger partial charge in [-0.05, 0) is 6.92 Å². The van der Waals surface area contributed by atoms with Gasteiger partial charge < -0.3 is 4.74 Å². The highest BCUT2D eigenvalue weighted by atomic mass is 16.5. The Balaban J connectivity index is 2.78. The second kappa shape index (κ2) is 2.21. The molecule has 0 aliphatic carbocycles. The van der Waals surface area contributed by atoms with Crippen LogP contribution in [-0.4, -0.2) is 12.6 Å². The highest BCUT2D eigenvalue weighted by molar-refractivity contribution is 5.90. The van der Waals surface area contributed by atoms with Gasteiger partial charge in [0.25, 0.3) is 0 Å². The van der Waals surface area contributed by atoms with Crippen molar-refractivity contribution in [3.63, 3.8) is 0 Å². The first-order valence-corrected chi connectivity index (χ1v) is 3.09. The van der Waals surface area contributed by atoms with Crippen molar-refractivity contribution in [3.05, 3.63) is 11.6 Å². The fourth-order valence-corrected chi connectivity index (χ4v) is 0.977. The van der Waals surface area contributed by atoms with Crippen molar-refractivity contribution in [3.8, 4) is 0 Å². The first-order valence-electron chi connectivity index (χ1n) is 3.09. The summed E-state index contributed by atoms with van der Waals surface area (Å²) < 4.78 is 4.76. The average Bonchev–Trinajstić information content (AvgIpc) is 2.12. The summed E-state index contributed by atoms with van der Waals surface area (Å²) in [5, 5.41) is 0. The van der Waals surface area contributed by atoms with Crippen LogP contribution >= 0.6 is 0 Å². The van der Waals surface area contributed by atoms with E-state index in [4.69, 9.17) is 4.74 Å². The molecule has 0 aromatic rings. The Morgan fingerprint density at radius 2 is 2.44 bits per heavy atom. The molecule has 0 amide bonds. The van der Waals surface area contributed by atoms with Crippen molar-refractivity contribution in [2.75, 3.05) is 6.61 Å². The summed E-state index contributed by atoms with van der Waals surface area (Å²) in [7, 11) is 0. The van der Waals surface area contributed by atoms with Crippen LogP contribution in [0.1, 0.15) is 13.8 Å². The van der Waals surface area contributed by atoms with Crippen molar-refractivity contribution >= 4 is 5.97 Å². The first-order chi connectivity index (χ1) is 4.25. The topological polar surface area (TPSA) is 26.3 Å². The molecule has 2 nitrogen and oxygen atoms in total. The summed E-state index contributed by atoms with van der Waals surface area (Å²) in [6, 6.07) is 0. The number of cyclic esters (lactones) is 1. The molecule has 50 valence electrons. The maximum atomic E-state index is 10.7. The van der Waals surface area contributed by atoms with E-state index in [0.717, 1.165) is 5.57 Å². The van der Waals surface area contributed by atoms with E-state index in [1.807, 2.05) is 19.9 Å². The maximum Gasteiger partial charge on any atom is 0.334 e. The van der Waals surface area contributed by atoms with Crippen LogP contribution < -0.4 is 0 Å². The Labute approximate surface area is 54.5 Å². The Hall–Kier alpha value is -0.790. The van der Waals surface area contributed by atoms with Crippen LogP contribution in [-0.2, 0) is 9.53 Å². The number of hydrogen-bond acceptors (Lipinski definition) is 2. The van der Waals surface area contributed by atoms with Gasteiger partial charge in [-0.3, -0.25) is 0 Å². The summed E-state index contributed by atoms with van der Waals surface area (Å²) in [4.78, 5) is 10.7. The summed E-state index contributed by atoms with van der Waals surface area (Å²) in [5.74, 6) is 0.146. The summed E-state index contributed by atoms with van der Waals surface area (Å²) in [6.07, 6.45) is 1.82. The molecule has 1 unspecified atom stereocenters. The van der Waals surface area contributed by atoms with Crippen LogP contribution in [0.2, 0.25) is 0 Å². The molecule has 1 fully saturated rings. The van der Waals surface area contributed by atoms with Gasteiger partial charge in [0, 0.05) is 11.5 Å². The molecule has 2 heteroatoms. The lowest BCUT2D eigenvalue weighted by molar-refractivity contribution is -0.135. The predicted molar refractivity (Wildman–Crippen MR) is 33.9 cm³/mol. The van der Waals surface area contributed by atoms with Gasteiger partial charge in [0.05, 0.1) is 6.61 Å². The molecular formula is C7H10O2. The van der Waals surface area contributed by atoms with Crippen LogP contribution in [0.25, 0.3) is 0 Å². The summed E-state index contributed by atoms with van der Waals surface area (Å²) in [6.45, 7) is 4.40. The molecule has 0 aromatic carbocycles. The summed E-state index contributed by atoms with van der Waals surface area (Å²) >= 11 is 0. The summed E-state index contributed by atoms with van der Waals surface area (Å²) in [5.41, 5.74) is 0.815. The molecular weight excluding hydrogens is 116 g/mol. The Kier molecular flexibility index (Phi) is 1.56. The SMILES string of the molecule is C/C=C1/C(=O)OCC1C. The van der Waals surface area contributed by atoms with Crippen LogP contribution in [0.5, 0.6) is 0 Å². The van der Waals surface area contributed by atoms with Crippen molar-refractivity contribution in [1.29, 1.82) is 0 Å². The quantitative estimate of drug-likeness (QED) is 0.359. The largest absolute Gasteiger partial charge is 0.462 e. The Morgan fingerprint density at radius 1 is 1.78 bits per heavy atom. The van der Waals surface area contributed by atoms with Gasteiger partial charge in [-0.1, -0.05) is 13.0 Å². The van der Waals surface area contributed by atoms with Crippen LogP contribution in [0.15, 0.2) is 11.6 Å². The number of allylic oxidation sites excluding steroid dienone is 1. The standard InChI is InChI=1S/C7H10O2/c1-3-6-5(2)4-9-7(6)8/h3,5H,4H2,1-2H3/b6-3+. The fourth-order valence-electron chi connectivity index (χ4n) is 0.977. The number of hydrogen-bond donors (Lipinski definition) is 0. The van der Waals surface area contributed by atoms with Gasteiger partial charge >= 0.3 is 5.97 Å². The van der Waals surface area contributed by atoms with E-state index in [1.54, 1.807) is 0 Å². The third-order valence-electron chi connectivity index (χ3n) is 1.54. The Bertz CT molecular complexity index is 158. The van der Waals surface area contributed by atoms with E-state index in [2.05, 4.69) is 0 Å². The fraction of sp³-hybridized carbons (Fsp3) is 0.571. The zero-order chi connectivity index (χ0) is 6.85. The van der Waals surface area contributed by atoms with Crippen LogP contribution in [0, 0.1) is 5.92 Å². The van der Waals surface area contributed by atoms with Gasteiger partial charge in [-0.2, -0.15) is 0 Å². The monoisotopic (exact) mass is 126 g/mol. The van der Waals surface area contributed by atoms with E-state index in [1.165, 1.54) is 0 Å². The molecule has 9 heavy (non-hydrogen) atoms. The molecule has 0 radical (unpaired) electrons. The van der Waals surface area contributed by atoms with E-state index in [0.29, 0.717) is 12.5 Å². The van der Waals surface area contributed by atoms with Crippen LogP contribution in [0.3, 0.4) is 0 Å². The number of carbonyl (C=O) groups is 1. The zero-order valence-corrected chi connectivity index (χ0v) is 5.68. The van der Waals surface area contributed by atoms with Gasteiger partial charge in [0.2, 0.25) is 0 Å². The maximum absolute atomic E-state index is 10.7. The molecule has 1 saturated heterocycles. The molecule has 1 heterocycles. The minimum Gasteiger partial charge on any atom is -0.462 e. The van der Waals surface area contributed by atoms with Crippen molar-refractivity contribution in [2.45, 2.75) is 13.8 Å². The zero-order valence-electron chi connectivity index (χ0n) is 5.68. The third kappa shape index (κ3) is 0.969.